The molecule has 0 aromatic carbocycles. The number of carboxylic acids is 1. The number of hydrogen-bond acceptors (Lipinski definition) is 5. The van der Waals surface area contributed by atoms with Gasteiger partial charge in [-0.2, -0.15) is 0 Å². The monoisotopic (exact) mass is 300 g/mol. The Labute approximate surface area is 124 Å². The lowest BCUT2D eigenvalue weighted by Gasteiger charge is -2.23. The highest BCUT2D eigenvalue weighted by molar-refractivity contribution is 7.17. The standard InChI is InChI=1S/C14H24N2O3S/c1-5-6-11-12(13(17)18)20-14(15-11)16(7-8-19-4)9-10(2)3/h10H,5-9H2,1-4H3,(H,17,18). The number of rotatable bonds is 9. The van der Waals surface area contributed by atoms with Gasteiger partial charge in [-0.25, -0.2) is 9.78 Å². The van der Waals surface area contributed by atoms with Crippen LogP contribution in [-0.4, -0.2) is 42.9 Å². The average Bonchev–Trinajstić information content (AvgIpc) is 2.78. The maximum Gasteiger partial charge on any atom is 0.347 e. The predicted molar refractivity (Wildman–Crippen MR) is 82.0 cm³/mol. The molecule has 0 fully saturated rings. The number of anilines is 1. The normalized spacial score (nSPS) is 11.1. The zero-order chi connectivity index (χ0) is 15.1. The van der Waals surface area contributed by atoms with Gasteiger partial charge in [0.2, 0.25) is 0 Å². The highest BCUT2D eigenvalue weighted by Gasteiger charge is 2.20. The van der Waals surface area contributed by atoms with Gasteiger partial charge in [0.05, 0.1) is 12.3 Å². The van der Waals surface area contributed by atoms with Gasteiger partial charge in [0.15, 0.2) is 5.13 Å². The molecule has 1 N–H and O–H groups in total. The van der Waals surface area contributed by atoms with Crippen molar-refractivity contribution in [3.8, 4) is 0 Å². The summed E-state index contributed by atoms with van der Waals surface area (Å²) in [6.45, 7) is 8.49. The van der Waals surface area contributed by atoms with Crippen LogP contribution in [0.25, 0.3) is 0 Å². The van der Waals surface area contributed by atoms with Crippen LogP contribution in [0.5, 0.6) is 0 Å². The summed E-state index contributed by atoms with van der Waals surface area (Å²) in [7, 11) is 1.67. The number of carbonyl (C=O) groups is 1. The Kier molecular flexibility index (Phi) is 6.95. The molecule has 0 aliphatic rings. The first-order valence-electron chi connectivity index (χ1n) is 6.96. The second kappa shape index (κ2) is 8.21. The molecule has 1 heterocycles. The second-order valence-electron chi connectivity index (χ2n) is 5.16. The van der Waals surface area contributed by atoms with Crippen LogP contribution in [0, 0.1) is 5.92 Å². The second-order valence-corrected chi connectivity index (χ2v) is 6.14. The molecule has 1 rings (SSSR count). The van der Waals surface area contributed by atoms with E-state index in [2.05, 4.69) is 23.7 Å². The van der Waals surface area contributed by atoms with E-state index in [9.17, 15) is 9.90 Å². The number of hydrogen-bond donors (Lipinski definition) is 1. The number of aryl methyl sites for hydroxylation is 1. The van der Waals surface area contributed by atoms with Crippen molar-refractivity contribution in [3.05, 3.63) is 10.6 Å². The van der Waals surface area contributed by atoms with E-state index >= 15 is 0 Å². The van der Waals surface area contributed by atoms with Crippen molar-refractivity contribution in [1.29, 1.82) is 0 Å². The van der Waals surface area contributed by atoms with E-state index in [4.69, 9.17) is 4.74 Å². The minimum absolute atomic E-state index is 0.369. The molecule has 6 heteroatoms. The molecule has 0 radical (unpaired) electrons. The molecule has 0 aliphatic carbocycles. The number of nitrogens with zero attached hydrogens (tertiary/aromatic N) is 2. The first-order valence-corrected chi connectivity index (χ1v) is 7.78. The number of carboxylic acid groups (broad SMARTS) is 1. The molecule has 0 atom stereocenters. The first-order chi connectivity index (χ1) is 9.49. The number of aromatic nitrogens is 1. The molecule has 5 nitrogen and oxygen atoms in total. The molecule has 0 bridgehead atoms. The van der Waals surface area contributed by atoms with E-state index < -0.39 is 5.97 Å². The fourth-order valence-corrected chi connectivity index (χ4v) is 2.94. The molecule has 0 aliphatic heterocycles. The Morgan fingerprint density at radius 3 is 2.70 bits per heavy atom. The zero-order valence-electron chi connectivity index (χ0n) is 12.7. The van der Waals surface area contributed by atoms with E-state index in [0.29, 0.717) is 29.5 Å². The quantitative estimate of drug-likeness (QED) is 0.759. The van der Waals surface area contributed by atoms with Crippen LogP contribution in [0.3, 0.4) is 0 Å². The zero-order valence-corrected chi connectivity index (χ0v) is 13.5. The summed E-state index contributed by atoms with van der Waals surface area (Å²) in [4.78, 5) is 18.3. The van der Waals surface area contributed by atoms with Crippen LogP contribution in [0.1, 0.15) is 42.6 Å². The van der Waals surface area contributed by atoms with Crippen LogP contribution in [0.15, 0.2) is 0 Å². The summed E-state index contributed by atoms with van der Waals surface area (Å²) >= 11 is 1.27. The third kappa shape index (κ3) is 4.76. The van der Waals surface area contributed by atoms with Crippen LogP contribution in [-0.2, 0) is 11.2 Å². The Morgan fingerprint density at radius 2 is 2.20 bits per heavy atom. The summed E-state index contributed by atoms with van der Waals surface area (Å²) in [6, 6.07) is 0. The lowest BCUT2D eigenvalue weighted by molar-refractivity contribution is 0.0700. The van der Waals surface area contributed by atoms with Gasteiger partial charge in [0.25, 0.3) is 0 Å². The first kappa shape index (κ1) is 16.9. The van der Waals surface area contributed by atoms with Gasteiger partial charge in [-0.3, -0.25) is 0 Å². The van der Waals surface area contributed by atoms with Gasteiger partial charge < -0.3 is 14.7 Å². The minimum atomic E-state index is -0.881. The van der Waals surface area contributed by atoms with Gasteiger partial charge in [0.1, 0.15) is 4.88 Å². The van der Waals surface area contributed by atoms with Crippen molar-refractivity contribution in [1.82, 2.24) is 4.98 Å². The average molecular weight is 300 g/mol. The third-order valence-electron chi connectivity index (χ3n) is 2.79. The highest BCUT2D eigenvalue weighted by Crippen LogP contribution is 2.28. The molecular weight excluding hydrogens is 276 g/mol. The third-order valence-corrected chi connectivity index (χ3v) is 3.93. The molecule has 0 saturated heterocycles. The van der Waals surface area contributed by atoms with Gasteiger partial charge in [0, 0.05) is 20.2 Å². The minimum Gasteiger partial charge on any atom is -0.477 e. The summed E-state index contributed by atoms with van der Waals surface area (Å²) in [5, 5.41) is 10.1. The Hall–Kier alpha value is -1.14. The molecule has 1 aromatic rings. The van der Waals surface area contributed by atoms with Crippen LogP contribution < -0.4 is 4.90 Å². The fourth-order valence-electron chi connectivity index (χ4n) is 1.96. The van der Waals surface area contributed by atoms with Crippen molar-refractivity contribution in [2.75, 3.05) is 31.7 Å². The number of thiazole rings is 1. The predicted octanol–water partition coefficient (Wildman–Crippen LogP) is 2.90. The molecule has 0 spiro atoms. The topological polar surface area (TPSA) is 62.7 Å². The lowest BCUT2D eigenvalue weighted by atomic mass is 10.2. The molecule has 0 amide bonds. The summed E-state index contributed by atoms with van der Waals surface area (Å²) in [5.74, 6) is -0.396. The number of ether oxygens (including phenoxy) is 1. The van der Waals surface area contributed by atoms with E-state index in [0.717, 1.165) is 24.6 Å². The fraction of sp³-hybridized carbons (Fsp3) is 0.714. The molecule has 20 heavy (non-hydrogen) atoms. The van der Waals surface area contributed by atoms with Crippen LogP contribution >= 0.6 is 11.3 Å². The van der Waals surface area contributed by atoms with Crippen LogP contribution in [0.2, 0.25) is 0 Å². The van der Waals surface area contributed by atoms with Gasteiger partial charge in [-0.1, -0.05) is 38.5 Å². The maximum atomic E-state index is 11.3. The maximum absolute atomic E-state index is 11.3. The highest BCUT2D eigenvalue weighted by atomic mass is 32.1. The van der Waals surface area contributed by atoms with Crippen molar-refractivity contribution < 1.29 is 14.6 Å². The summed E-state index contributed by atoms with van der Waals surface area (Å²) in [5.41, 5.74) is 0.700. The molecule has 0 saturated carbocycles. The molecule has 0 unspecified atom stereocenters. The van der Waals surface area contributed by atoms with Crippen molar-refractivity contribution in [2.24, 2.45) is 5.92 Å². The van der Waals surface area contributed by atoms with E-state index in [-0.39, 0.29) is 0 Å². The van der Waals surface area contributed by atoms with Gasteiger partial charge in [-0.15, -0.1) is 0 Å². The smallest absolute Gasteiger partial charge is 0.347 e. The Bertz CT molecular complexity index is 432. The summed E-state index contributed by atoms with van der Waals surface area (Å²) < 4.78 is 5.13. The molecular formula is C14H24N2O3S. The SMILES string of the molecule is CCCc1nc(N(CCOC)CC(C)C)sc1C(=O)O. The van der Waals surface area contributed by atoms with E-state index in [1.54, 1.807) is 7.11 Å². The largest absolute Gasteiger partial charge is 0.477 e. The van der Waals surface area contributed by atoms with Crippen molar-refractivity contribution in [2.45, 2.75) is 33.6 Å². The number of methoxy groups -OCH3 is 1. The summed E-state index contributed by atoms with van der Waals surface area (Å²) in [6.07, 6.45) is 1.60. The molecule has 1 aromatic heterocycles. The number of aromatic carboxylic acids is 1. The van der Waals surface area contributed by atoms with Crippen LogP contribution in [0.4, 0.5) is 5.13 Å². The Balaban J connectivity index is 2.99. The van der Waals surface area contributed by atoms with E-state index in [1.165, 1.54) is 11.3 Å². The van der Waals surface area contributed by atoms with Gasteiger partial charge >= 0.3 is 5.97 Å². The molecule has 114 valence electrons. The Morgan fingerprint density at radius 1 is 1.50 bits per heavy atom. The van der Waals surface area contributed by atoms with Crippen molar-refractivity contribution in [3.63, 3.8) is 0 Å². The van der Waals surface area contributed by atoms with Gasteiger partial charge in [-0.05, 0) is 12.3 Å². The van der Waals surface area contributed by atoms with Crippen molar-refractivity contribution >= 4 is 22.4 Å². The lowest BCUT2D eigenvalue weighted by Crippen LogP contribution is -2.30. The van der Waals surface area contributed by atoms with E-state index in [1.807, 2.05) is 6.92 Å².